The lowest BCUT2D eigenvalue weighted by atomic mass is 10.1. The van der Waals surface area contributed by atoms with E-state index in [2.05, 4.69) is 42.7 Å². The molecule has 0 aromatic heterocycles. The van der Waals surface area contributed by atoms with Crippen LogP contribution in [-0.2, 0) is 0 Å². The fourth-order valence-corrected chi connectivity index (χ4v) is 3.43. The summed E-state index contributed by atoms with van der Waals surface area (Å²) in [6, 6.07) is 7.09. The van der Waals surface area contributed by atoms with Gasteiger partial charge >= 0.3 is 0 Å². The number of hydrogen-bond acceptors (Lipinski definition) is 3. The minimum Gasteiger partial charge on any atom is -0.380 e. The number of benzene rings is 1. The first-order valence-corrected chi connectivity index (χ1v) is 6.77. The summed E-state index contributed by atoms with van der Waals surface area (Å²) >= 11 is 2.02. The third kappa shape index (κ3) is 2.36. The first kappa shape index (κ1) is 11.8. The van der Waals surface area contributed by atoms with Gasteiger partial charge in [0.1, 0.15) is 0 Å². The smallest absolute Gasteiger partial charge is 0.0510 e. The lowest BCUT2D eigenvalue weighted by molar-refractivity contribution is 0.633. The quantitative estimate of drug-likeness (QED) is 0.844. The average Bonchev–Trinajstić information content (AvgIpc) is 2.28. The van der Waals surface area contributed by atoms with E-state index in [-0.39, 0.29) is 0 Å². The lowest BCUT2D eigenvalue weighted by Crippen LogP contribution is -2.34. The first-order chi connectivity index (χ1) is 7.72. The molecule has 0 radical (unpaired) electrons. The minimum atomic E-state index is 0.548. The van der Waals surface area contributed by atoms with Gasteiger partial charge in [0, 0.05) is 16.2 Å². The Labute approximate surface area is 102 Å². The van der Waals surface area contributed by atoms with Crippen molar-refractivity contribution in [3.05, 3.63) is 23.8 Å². The third-order valence-corrected chi connectivity index (χ3v) is 4.66. The molecule has 0 fully saturated rings. The molecule has 0 bridgehead atoms. The molecule has 3 heteroatoms. The second kappa shape index (κ2) is 5.11. The zero-order valence-electron chi connectivity index (χ0n) is 10.2. The number of aryl methyl sites for hydroxylation is 1. The number of rotatable bonds is 3. The minimum absolute atomic E-state index is 0.548. The second-order valence-electron chi connectivity index (χ2n) is 4.43. The molecule has 0 aliphatic carbocycles. The Morgan fingerprint density at radius 2 is 2.25 bits per heavy atom. The highest BCUT2D eigenvalue weighted by molar-refractivity contribution is 8.00. The van der Waals surface area contributed by atoms with E-state index in [0.29, 0.717) is 11.3 Å². The van der Waals surface area contributed by atoms with Gasteiger partial charge in [0.25, 0.3) is 0 Å². The van der Waals surface area contributed by atoms with E-state index in [4.69, 9.17) is 0 Å². The van der Waals surface area contributed by atoms with Crippen LogP contribution in [0.25, 0.3) is 0 Å². The summed E-state index contributed by atoms with van der Waals surface area (Å²) in [5.41, 5.74) is 2.68. The van der Waals surface area contributed by atoms with Crippen molar-refractivity contribution in [3.8, 4) is 0 Å². The molecular weight excluding hydrogens is 216 g/mol. The maximum atomic E-state index is 3.64. The number of anilines is 1. The summed E-state index contributed by atoms with van der Waals surface area (Å²) in [5.74, 6) is 0. The number of thioether (sulfide) groups is 1. The van der Waals surface area contributed by atoms with E-state index < -0.39 is 0 Å². The Bertz CT molecular complexity index is 365. The maximum absolute atomic E-state index is 3.64. The summed E-state index contributed by atoms with van der Waals surface area (Å²) in [5, 5.41) is 7.54. The second-order valence-corrected chi connectivity index (χ2v) is 5.71. The van der Waals surface area contributed by atoms with Gasteiger partial charge in [-0.05, 0) is 45.5 Å². The fraction of sp³-hybridized carbons (Fsp3) is 0.538. The van der Waals surface area contributed by atoms with E-state index in [1.165, 1.54) is 22.6 Å². The highest BCUT2D eigenvalue weighted by atomic mass is 32.2. The molecule has 2 rings (SSSR count). The summed E-state index contributed by atoms with van der Waals surface area (Å²) in [6.45, 7) is 5.54. The number of fused-ring (bicyclic) bond motifs is 1. The van der Waals surface area contributed by atoms with Crippen LogP contribution in [0.3, 0.4) is 0 Å². The van der Waals surface area contributed by atoms with Crippen molar-refractivity contribution >= 4 is 17.4 Å². The van der Waals surface area contributed by atoms with Crippen LogP contribution in [0, 0.1) is 6.92 Å². The monoisotopic (exact) mass is 236 g/mol. The van der Waals surface area contributed by atoms with Gasteiger partial charge in [-0.25, -0.2) is 0 Å². The zero-order chi connectivity index (χ0) is 11.5. The van der Waals surface area contributed by atoms with Crippen molar-refractivity contribution in [2.75, 3.05) is 18.9 Å². The normalized spacial score (nSPS) is 23.7. The molecule has 2 atom stereocenters. The first-order valence-electron chi connectivity index (χ1n) is 5.90. The molecule has 2 N–H and O–H groups in total. The SMILES string of the molecule is CNCCC1Sc2cccc(C)c2NC1C. The Hall–Kier alpha value is -0.670. The van der Waals surface area contributed by atoms with E-state index in [1.807, 2.05) is 18.8 Å². The van der Waals surface area contributed by atoms with Gasteiger partial charge in [-0.2, -0.15) is 0 Å². The Morgan fingerprint density at radius 3 is 3.00 bits per heavy atom. The third-order valence-electron chi connectivity index (χ3n) is 3.12. The Kier molecular flexibility index (Phi) is 3.77. The van der Waals surface area contributed by atoms with E-state index in [9.17, 15) is 0 Å². The summed E-state index contributed by atoms with van der Waals surface area (Å²) in [4.78, 5) is 1.40. The summed E-state index contributed by atoms with van der Waals surface area (Å²) in [6.07, 6.45) is 1.21. The van der Waals surface area contributed by atoms with Gasteiger partial charge in [-0.15, -0.1) is 11.8 Å². The molecule has 0 saturated heterocycles. The van der Waals surface area contributed by atoms with Crippen LogP contribution < -0.4 is 10.6 Å². The van der Waals surface area contributed by atoms with Gasteiger partial charge < -0.3 is 10.6 Å². The van der Waals surface area contributed by atoms with Crippen LogP contribution in [0.5, 0.6) is 0 Å². The largest absolute Gasteiger partial charge is 0.380 e. The van der Waals surface area contributed by atoms with Crippen molar-refractivity contribution in [2.45, 2.75) is 36.5 Å². The maximum Gasteiger partial charge on any atom is 0.0510 e. The molecule has 88 valence electrons. The van der Waals surface area contributed by atoms with Gasteiger partial charge in [-0.1, -0.05) is 12.1 Å². The molecule has 1 aliphatic heterocycles. The van der Waals surface area contributed by atoms with Crippen molar-refractivity contribution in [3.63, 3.8) is 0 Å². The molecule has 2 unspecified atom stereocenters. The highest BCUT2D eigenvalue weighted by Crippen LogP contribution is 2.40. The zero-order valence-corrected chi connectivity index (χ0v) is 11.0. The molecule has 0 saturated carbocycles. The van der Waals surface area contributed by atoms with E-state index >= 15 is 0 Å². The van der Waals surface area contributed by atoms with Crippen LogP contribution in [0.15, 0.2) is 23.1 Å². The van der Waals surface area contributed by atoms with E-state index in [1.54, 1.807) is 0 Å². The summed E-state index contributed by atoms with van der Waals surface area (Å²) < 4.78 is 0. The molecular formula is C13H20N2S. The predicted molar refractivity (Wildman–Crippen MR) is 72.5 cm³/mol. The molecule has 1 heterocycles. The van der Waals surface area contributed by atoms with Crippen LogP contribution >= 0.6 is 11.8 Å². The molecule has 1 aliphatic rings. The predicted octanol–water partition coefficient (Wildman–Crippen LogP) is 2.88. The lowest BCUT2D eigenvalue weighted by Gasteiger charge is -2.32. The van der Waals surface area contributed by atoms with Crippen LogP contribution in [0.4, 0.5) is 5.69 Å². The Balaban J connectivity index is 2.15. The van der Waals surface area contributed by atoms with Crippen LogP contribution in [-0.4, -0.2) is 24.9 Å². The van der Waals surface area contributed by atoms with Gasteiger partial charge in [-0.3, -0.25) is 0 Å². The molecule has 1 aromatic carbocycles. The molecule has 2 nitrogen and oxygen atoms in total. The number of nitrogens with one attached hydrogen (secondary N) is 2. The molecule has 0 amide bonds. The van der Waals surface area contributed by atoms with Crippen LogP contribution in [0.1, 0.15) is 18.9 Å². The van der Waals surface area contributed by atoms with Crippen molar-refractivity contribution in [1.29, 1.82) is 0 Å². The topological polar surface area (TPSA) is 24.1 Å². The molecule has 1 aromatic rings. The van der Waals surface area contributed by atoms with Crippen molar-refractivity contribution < 1.29 is 0 Å². The summed E-state index contributed by atoms with van der Waals surface area (Å²) in [7, 11) is 2.02. The Morgan fingerprint density at radius 1 is 1.44 bits per heavy atom. The number of hydrogen-bond donors (Lipinski definition) is 2. The van der Waals surface area contributed by atoms with E-state index in [0.717, 1.165) is 6.54 Å². The average molecular weight is 236 g/mol. The standard InChI is InChI=1S/C13H20N2S/c1-9-5-4-6-12-13(9)15-10(2)11(16-12)7-8-14-3/h4-6,10-11,14-15H,7-8H2,1-3H3. The fourth-order valence-electron chi connectivity index (χ4n) is 2.11. The van der Waals surface area contributed by atoms with Crippen molar-refractivity contribution in [1.82, 2.24) is 5.32 Å². The highest BCUT2D eigenvalue weighted by Gasteiger charge is 2.25. The number of para-hydroxylation sites is 1. The van der Waals surface area contributed by atoms with Crippen molar-refractivity contribution in [2.24, 2.45) is 0 Å². The van der Waals surface area contributed by atoms with Crippen LogP contribution in [0.2, 0.25) is 0 Å². The van der Waals surface area contributed by atoms with Gasteiger partial charge in [0.15, 0.2) is 0 Å². The van der Waals surface area contributed by atoms with Gasteiger partial charge in [0.05, 0.1) is 5.69 Å². The molecule has 0 spiro atoms. The molecule has 16 heavy (non-hydrogen) atoms. The van der Waals surface area contributed by atoms with Gasteiger partial charge in [0.2, 0.25) is 0 Å².